The molecule has 0 fully saturated rings. The molecule has 2 N–H and O–H groups in total. The van der Waals surface area contributed by atoms with Crippen LogP contribution in [0.5, 0.6) is 0 Å². The summed E-state index contributed by atoms with van der Waals surface area (Å²) in [4.78, 5) is 11.9. The van der Waals surface area contributed by atoms with Crippen LogP contribution in [-0.2, 0) is 6.42 Å². The summed E-state index contributed by atoms with van der Waals surface area (Å²) in [6.07, 6.45) is 4.52. The van der Waals surface area contributed by atoms with Crippen molar-refractivity contribution in [1.82, 2.24) is 10.6 Å². The molecule has 0 aliphatic carbocycles. The molecule has 0 spiro atoms. The molecule has 2 rings (SSSR count). The lowest BCUT2D eigenvalue weighted by Crippen LogP contribution is -2.34. The van der Waals surface area contributed by atoms with Gasteiger partial charge in [-0.1, -0.05) is 59.3 Å². The van der Waals surface area contributed by atoms with Gasteiger partial charge in [-0.2, -0.15) is 0 Å². The van der Waals surface area contributed by atoms with Gasteiger partial charge in [0, 0.05) is 10.7 Å². The Balaban J connectivity index is 1.84. The second kappa shape index (κ2) is 8.53. The Bertz CT molecular complexity index is 663. The van der Waals surface area contributed by atoms with Crippen LogP contribution in [0.1, 0.15) is 36.6 Å². The monoisotopic (exact) mass is 372 g/mol. The van der Waals surface area contributed by atoms with Gasteiger partial charge in [0.2, 0.25) is 0 Å². The van der Waals surface area contributed by atoms with Crippen molar-refractivity contribution in [3.05, 3.63) is 75.9 Å². The normalized spacial score (nSPS) is 12.1. The van der Waals surface area contributed by atoms with Gasteiger partial charge in [-0.25, -0.2) is 4.79 Å². The van der Waals surface area contributed by atoms with Crippen LogP contribution in [0.25, 0.3) is 6.08 Å². The summed E-state index contributed by atoms with van der Waals surface area (Å²) in [5.41, 5.74) is 3.41. The van der Waals surface area contributed by atoms with Gasteiger partial charge in [0.25, 0.3) is 0 Å². The van der Waals surface area contributed by atoms with E-state index in [-0.39, 0.29) is 12.1 Å². The minimum absolute atomic E-state index is 0.0398. The van der Waals surface area contributed by atoms with E-state index in [1.807, 2.05) is 37.3 Å². The topological polar surface area (TPSA) is 41.1 Å². The second-order valence-electron chi connectivity index (χ2n) is 5.32. The molecule has 0 aliphatic heterocycles. The summed E-state index contributed by atoms with van der Waals surface area (Å²) in [5, 5.41) is 5.65. The van der Waals surface area contributed by atoms with Crippen LogP contribution in [0, 0.1) is 0 Å². The van der Waals surface area contributed by atoms with E-state index in [4.69, 9.17) is 0 Å². The molecule has 2 aromatic carbocycles. The van der Waals surface area contributed by atoms with Gasteiger partial charge in [0.1, 0.15) is 0 Å². The predicted octanol–water partition coefficient (Wildman–Crippen LogP) is 5.04. The maximum absolute atomic E-state index is 11.9. The fourth-order valence-corrected chi connectivity index (χ4v) is 2.42. The number of benzene rings is 2. The average molecular weight is 373 g/mol. The first-order valence-electron chi connectivity index (χ1n) is 7.66. The Kier molecular flexibility index (Phi) is 6.41. The van der Waals surface area contributed by atoms with Crippen molar-refractivity contribution in [1.29, 1.82) is 0 Å². The van der Waals surface area contributed by atoms with Crippen molar-refractivity contribution in [3.8, 4) is 0 Å². The Labute approximate surface area is 145 Å². The molecule has 2 amide bonds. The number of carbonyl (C=O) groups excluding carboxylic acids is 1. The van der Waals surface area contributed by atoms with Crippen molar-refractivity contribution in [2.45, 2.75) is 26.3 Å². The molecule has 23 heavy (non-hydrogen) atoms. The van der Waals surface area contributed by atoms with Gasteiger partial charge >= 0.3 is 6.03 Å². The molecule has 0 bridgehead atoms. The summed E-state index contributed by atoms with van der Waals surface area (Å²) >= 11 is 3.39. The number of hydrogen-bond acceptors (Lipinski definition) is 1. The third kappa shape index (κ3) is 5.57. The van der Waals surface area contributed by atoms with Crippen molar-refractivity contribution in [3.63, 3.8) is 0 Å². The zero-order valence-corrected chi connectivity index (χ0v) is 14.9. The Hall–Kier alpha value is -2.07. The maximum Gasteiger partial charge on any atom is 0.319 e. The van der Waals surface area contributed by atoms with Gasteiger partial charge in [-0.3, -0.25) is 0 Å². The first-order chi connectivity index (χ1) is 11.1. The summed E-state index contributed by atoms with van der Waals surface area (Å²) < 4.78 is 1.03. The third-order valence-electron chi connectivity index (χ3n) is 3.60. The number of amides is 2. The highest BCUT2D eigenvalue weighted by Crippen LogP contribution is 2.14. The van der Waals surface area contributed by atoms with E-state index < -0.39 is 0 Å². The third-order valence-corrected chi connectivity index (χ3v) is 4.12. The first kappa shape index (κ1) is 17.3. The van der Waals surface area contributed by atoms with Gasteiger partial charge in [0.05, 0.1) is 6.04 Å². The predicted molar refractivity (Wildman–Crippen MR) is 99.1 cm³/mol. The van der Waals surface area contributed by atoms with Crippen LogP contribution in [-0.4, -0.2) is 6.03 Å². The molecule has 0 aliphatic rings. The zero-order chi connectivity index (χ0) is 16.7. The summed E-state index contributed by atoms with van der Waals surface area (Å²) in [6, 6.07) is 15.9. The molecule has 1 atom stereocenters. The van der Waals surface area contributed by atoms with Crippen LogP contribution in [0.2, 0.25) is 0 Å². The van der Waals surface area contributed by atoms with Crippen LogP contribution in [0.15, 0.2) is 59.2 Å². The van der Waals surface area contributed by atoms with E-state index in [1.54, 1.807) is 6.20 Å². The maximum atomic E-state index is 11.9. The molecule has 3 nitrogen and oxygen atoms in total. The Morgan fingerprint density at radius 2 is 1.78 bits per heavy atom. The van der Waals surface area contributed by atoms with E-state index in [1.165, 1.54) is 5.56 Å². The van der Waals surface area contributed by atoms with Crippen LogP contribution >= 0.6 is 15.9 Å². The van der Waals surface area contributed by atoms with Crippen molar-refractivity contribution in [2.24, 2.45) is 0 Å². The lowest BCUT2D eigenvalue weighted by molar-refractivity contribution is 0.241. The number of hydrogen-bond donors (Lipinski definition) is 2. The molecule has 0 saturated heterocycles. The van der Waals surface area contributed by atoms with Crippen LogP contribution in [0.4, 0.5) is 4.79 Å². The molecule has 0 saturated carbocycles. The van der Waals surface area contributed by atoms with Crippen LogP contribution < -0.4 is 10.6 Å². The second-order valence-corrected chi connectivity index (χ2v) is 6.24. The highest BCUT2D eigenvalue weighted by Gasteiger charge is 2.07. The van der Waals surface area contributed by atoms with E-state index in [0.29, 0.717) is 0 Å². The Morgan fingerprint density at radius 3 is 2.39 bits per heavy atom. The first-order valence-corrected chi connectivity index (χ1v) is 8.45. The van der Waals surface area contributed by atoms with Crippen molar-refractivity contribution < 1.29 is 4.79 Å². The quantitative estimate of drug-likeness (QED) is 0.757. The zero-order valence-electron chi connectivity index (χ0n) is 13.3. The lowest BCUT2D eigenvalue weighted by atomic mass is 10.1. The molecule has 2 aromatic rings. The number of urea groups is 1. The highest BCUT2D eigenvalue weighted by molar-refractivity contribution is 9.10. The molecule has 0 aromatic heterocycles. The van der Waals surface area contributed by atoms with Gasteiger partial charge in [-0.05, 0) is 48.2 Å². The average Bonchev–Trinajstić information content (AvgIpc) is 2.56. The fraction of sp³-hybridized carbons (Fsp3) is 0.211. The largest absolute Gasteiger partial charge is 0.331 e. The summed E-state index contributed by atoms with van der Waals surface area (Å²) in [6.45, 7) is 4.10. The Morgan fingerprint density at radius 1 is 1.13 bits per heavy atom. The molecule has 0 radical (unpaired) electrons. The van der Waals surface area contributed by atoms with Crippen molar-refractivity contribution in [2.75, 3.05) is 0 Å². The lowest BCUT2D eigenvalue weighted by Gasteiger charge is -2.14. The van der Waals surface area contributed by atoms with E-state index >= 15 is 0 Å². The minimum Gasteiger partial charge on any atom is -0.331 e. The molecule has 0 heterocycles. The summed E-state index contributed by atoms with van der Waals surface area (Å²) in [5.74, 6) is 0. The summed E-state index contributed by atoms with van der Waals surface area (Å²) in [7, 11) is 0. The molecule has 120 valence electrons. The molecular formula is C19H21BrN2O. The van der Waals surface area contributed by atoms with Crippen molar-refractivity contribution >= 4 is 28.0 Å². The number of carbonyl (C=O) groups is 1. The van der Waals surface area contributed by atoms with Gasteiger partial charge in [-0.15, -0.1) is 0 Å². The van der Waals surface area contributed by atoms with E-state index in [0.717, 1.165) is 22.0 Å². The van der Waals surface area contributed by atoms with E-state index in [9.17, 15) is 4.79 Å². The van der Waals surface area contributed by atoms with E-state index in [2.05, 4.69) is 57.8 Å². The minimum atomic E-state index is -0.217. The standard InChI is InChI=1S/C19H21BrN2O/c1-3-15-4-8-17(9-5-15)14(2)22-19(23)21-13-12-16-6-10-18(20)11-7-16/h4-14H,3H2,1-2H3,(H2,21,22,23)/b13-12+. The number of rotatable bonds is 5. The number of halogens is 1. The molecule has 1 unspecified atom stereocenters. The number of aryl methyl sites for hydroxylation is 1. The SMILES string of the molecule is CCc1ccc(C(C)NC(=O)N/C=C/c2ccc(Br)cc2)cc1. The fourth-order valence-electron chi connectivity index (χ4n) is 2.15. The molecular weight excluding hydrogens is 352 g/mol. The highest BCUT2D eigenvalue weighted by atomic mass is 79.9. The number of nitrogens with one attached hydrogen (secondary N) is 2. The smallest absolute Gasteiger partial charge is 0.319 e. The van der Waals surface area contributed by atoms with Crippen LogP contribution in [0.3, 0.4) is 0 Å². The molecule has 4 heteroatoms. The van der Waals surface area contributed by atoms with Gasteiger partial charge in [0.15, 0.2) is 0 Å². The van der Waals surface area contributed by atoms with Gasteiger partial charge < -0.3 is 10.6 Å².